The number of halogens is 2. The Morgan fingerprint density at radius 1 is 1.26 bits per heavy atom. The predicted molar refractivity (Wildman–Crippen MR) is 70.9 cm³/mol. The molecule has 1 heterocycles. The number of nitrogens with one attached hydrogen (secondary N) is 1. The SMILES string of the molecule is CCC(C)n1ccc(CNc2ccc(F)c(F)c2)n1. The Bertz CT molecular complexity index is 551. The molecule has 2 rings (SSSR count). The average molecular weight is 265 g/mol. The maximum atomic E-state index is 13.0. The normalized spacial score (nSPS) is 12.4. The molecular formula is C14H17F2N3. The Hall–Kier alpha value is -1.91. The van der Waals surface area contributed by atoms with Crippen molar-refractivity contribution in [3.63, 3.8) is 0 Å². The van der Waals surface area contributed by atoms with E-state index in [1.165, 1.54) is 6.07 Å². The highest BCUT2D eigenvalue weighted by Gasteiger charge is 2.05. The molecule has 0 spiro atoms. The minimum absolute atomic E-state index is 0.358. The standard InChI is InChI=1S/C14H17F2N3/c1-3-10(2)19-7-6-12(18-19)9-17-11-4-5-13(15)14(16)8-11/h4-8,10,17H,3,9H2,1-2H3. The highest BCUT2D eigenvalue weighted by atomic mass is 19.2. The molecule has 0 aliphatic carbocycles. The summed E-state index contributed by atoms with van der Waals surface area (Å²) in [6.45, 7) is 4.68. The Morgan fingerprint density at radius 2 is 2.05 bits per heavy atom. The molecule has 1 aromatic heterocycles. The van der Waals surface area contributed by atoms with Crippen LogP contribution in [0.4, 0.5) is 14.5 Å². The van der Waals surface area contributed by atoms with Crippen molar-refractivity contribution in [2.24, 2.45) is 0 Å². The third-order valence-corrected chi connectivity index (χ3v) is 3.10. The second-order valence-corrected chi connectivity index (χ2v) is 4.53. The summed E-state index contributed by atoms with van der Waals surface area (Å²) < 4.78 is 27.7. The van der Waals surface area contributed by atoms with Crippen LogP contribution in [0.3, 0.4) is 0 Å². The van der Waals surface area contributed by atoms with E-state index in [0.29, 0.717) is 18.3 Å². The average Bonchev–Trinajstić information content (AvgIpc) is 2.88. The second kappa shape index (κ2) is 5.82. The zero-order valence-corrected chi connectivity index (χ0v) is 11.0. The van der Waals surface area contributed by atoms with Crippen LogP contribution in [0.5, 0.6) is 0 Å². The van der Waals surface area contributed by atoms with Gasteiger partial charge in [-0.25, -0.2) is 8.78 Å². The molecular weight excluding hydrogens is 248 g/mol. The minimum Gasteiger partial charge on any atom is -0.379 e. The van der Waals surface area contributed by atoms with Crippen molar-refractivity contribution in [2.75, 3.05) is 5.32 Å². The van der Waals surface area contributed by atoms with Gasteiger partial charge in [-0.15, -0.1) is 0 Å². The Balaban J connectivity index is 1.98. The largest absolute Gasteiger partial charge is 0.379 e. The van der Waals surface area contributed by atoms with Gasteiger partial charge < -0.3 is 5.32 Å². The van der Waals surface area contributed by atoms with Crippen molar-refractivity contribution < 1.29 is 8.78 Å². The summed E-state index contributed by atoms with van der Waals surface area (Å²) in [6.07, 6.45) is 2.94. The van der Waals surface area contributed by atoms with Crippen LogP contribution in [0.15, 0.2) is 30.5 Å². The lowest BCUT2D eigenvalue weighted by molar-refractivity contribution is 0.474. The lowest BCUT2D eigenvalue weighted by Crippen LogP contribution is -2.06. The number of rotatable bonds is 5. The summed E-state index contributed by atoms with van der Waals surface area (Å²) >= 11 is 0. The van der Waals surface area contributed by atoms with E-state index in [0.717, 1.165) is 24.2 Å². The first-order valence-electron chi connectivity index (χ1n) is 6.33. The Kier molecular flexibility index (Phi) is 4.14. The molecule has 0 aliphatic rings. The van der Waals surface area contributed by atoms with Gasteiger partial charge in [0.25, 0.3) is 0 Å². The first-order chi connectivity index (χ1) is 9.10. The molecule has 19 heavy (non-hydrogen) atoms. The van der Waals surface area contributed by atoms with E-state index < -0.39 is 11.6 Å². The van der Waals surface area contributed by atoms with Crippen LogP contribution in [0.2, 0.25) is 0 Å². The molecule has 1 aromatic carbocycles. The topological polar surface area (TPSA) is 29.9 Å². The van der Waals surface area contributed by atoms with E-state index in [1.807, 2.05) is 16.9 Å². The molecule has 1 atom stereocenters. The van der Waals surface area contributed by atoms with Crippen LogP contribution in [0, 0.1) is 11.6 Å². The molecule has 2 aromatic rings. The number of anilines is 1. The summed E-state index contributed by atoms with van der Waals surface area (Å²) in [7, 11) is 0. The van der Waals surface area contributed by atoms with Gasteiger partial charge in [0, 0.05) is 24.0 Å². The van der Waals surface area contributed by atoms with E-state index in [2.05, 4.69) is 24.3 Å². The molecule has 1 N–H and O–H groups in total. The summed E-state index contributed by atoms with van der Waals surface area (Å²) in [5, 5.41) is 7.44. The van der Waals surface area contributed by atoms with Crippen molar-refractivity contribution in [3.8, 4) is 0 Å². The van der Waals surface area contributed by atoms with Gasteiger partial charge in [0.1, 0.15) is 0 Å². The molecule has 0 radical (unpaired) electrons. The third-order valence-electron chi connectivity index (χ3n) is 3.10. The Labute approximate surface area is 111 Å². The number of nitrogens with zero attached hydrogens (tertiary/aromatic N) is 2. The van der Waals surface area contributed by atoms with Crippen molar-refractivity contribution in [2.45, 2.75) is 32.9 Å². The number of benzene rings is 1. The predicted octanol–water partition coefficient (Wildman–Crippen LogP) is 3.74. The fourth-order valence-corrected chi connectivity index (χ4v) is 1.70. The summed E-state index contributed by atoms with van der Waals surface area (Å²) in [4.78, 5) is 0. The van der Waals surface area contributed by atoms with Crippen molar-refractivity contribution in [3.05, 3.63) is 47.8 Å². The molecule has 0 saturated heterocycles. The second-order valence-electron chi connectivity index (χ2n) is 4.53. The monoisotopic (exact) mass is 265 g/mol. The van der Waals surface area contributed by atoms with Crippen LogP contribution in [0.1, 0.15) is 32.0 Å². The molecule has 3 nitrogen and oxygen atoms in total. The molecule has 0 fully saturated rings. The number of hydrogen-bond donors (Lipinski definition) is 1. The maximum absolute atomic E-state index is 13.0. The van der Waals surface area contributed by atoms with Crippen LogP contribution in [0.25, 0.3) is 0 Å². The van der Waals surface area contributed by atoms with Gasteiger partial charge in [-0.1, -0.05) is 6.92 Å². The zero-order chi connectivity index (χ0) is 13.8. The molecule has 0 saturated carbocycles. The van der Waals surface area contributed by atoms with E-state index >= 15 is 0 Å². The molecule has 0 bridgehead atoms. The number of aromatic nitrogens is 2. The highest BCUT2D eigenvalue weighted by Crippen LogP contribution is 2.14. The van der Waals surface area contributed by atoms with E-state index in [1.54, 1.807) is 0 Å². The van der Waals surface area contributed by atoms with Gasteiger partial charge in [-0.2, -0.15) is 5.10 Å². The van der Waals surface area contributed by atoms with Crippen molar-refractivity contribution >= 4 is 5.69 Å². The van der Waals surface area contributed by atoms with E-state index in [-0.39, 0.29) is 0 Å². The maximum Gasteiger partial charge on any atom is 0.160 e. The zero-order valence-electron chi connectivity index (χ0n) is 11.0. The van der Waals surface area contributed by atoms with E-state index in [9.17, 15) is 8.78 Å². The lowest BCUT2D eigenvalue weighted by atomic mass is 10.3. The van der Waals surface area contributed by atoms with Gasteiger partial charge in [0.05, 0.1) is 12.2 Å². The number of hydrogen-bond acceptors (Lipinski definition) is 2. The van der Waals surface area contributed by atoms with Crippen LogP contribution in [-0.4, -0.2) is 9.78 Å². The fourth-order valence-electron chi connectivity index (χ4n) is 1.70. The van der Waals surface area contributed by atoms with Crippen molar-refractivity contribution in [1.82, 2.24) is 9.78 Å². The van der Waals surface area contributed by atoms with Gasteiger partial charge in [-0.3, -0.25) is 4.68 Å². The summed E-state index contributed by atoms with van der Waals surface area (Å²) in [5.74, 6) is -1.69. The highest BCUT2D eigenvalue weighted by molar-refractivity contribution is 5.43. The van der Waals surface area contributed by atoms with Crippen LogP contribution >= 0.6 is 0 Å². The molecule has 5 heteroatoms. The fraction of sp³-hybridized carbons (Fsp3) is 0.357. The van der Waals surface area contributed by atoms with Crippen molar-refractivity contribution in [1.29, 1.82) is 0 Å². The molecule has 0 aliphatic heterocycles. The van der Waals surface area contributed by atoms with Gasteiger partial charge in [0.15, 0.2) is 11.6 Å². The van der Waals surface area contributed by atoms with Gasteiger partial charge in [0.2, 0.25) is 0 Å². The third kappa shape index (κ3) is 3.30. The molecule has 1 unspecified atom stereocenters. The summed E-state index contributed by atoms with van der Waals surface area (Å²) in [5.41, 5.74) is 1.40. The smallest absolute Gasteiger partial charge is 0.160 e. The van der Waals surface area contributed by atoms with Crippen LogP contribution < -0.4 is 5.32 Å². The lowest BCUT2D eigenvalue weighted by Gasteiger charge is -2.08. The van der Waals surface area contributed by atoms with Gasteiger partial charge >= 0.3 is 0 Å². The minimum atomic E-state index is -0.852. The van der Waals surface area contributed by atoms with Gasteiger partial charge in [-0.05, 0) is 31.5 Å². The summed E-state index contributed by atoms with van der Waals surface area (Å²) in [6, 6.07) is 6.02. The Morgan fingerprint density at radius 3 is 2.74 bits per heavy atom. The first-order valence-corrected chi connectivity index (χ1v) is 6.33. The first kappa shape index (κ1) is 13.5. The molecule has 0 amide bonds. The molecule has 102 valence electrons. The van der Waals surface area contributed by atoms with E-state index in [4.69, 9.17) is 0 Å². The quantitative estimate of drug-likeness (QED) is 0.892. The van der Waals surface area contributed by atoms with Crippen LogP contribution in [-0.2, 0) is 6.54 Å².